The SMILES string of the molecule is CCCCCCCCOCC(COc1c2ccccc2c(OCC(COCCCCCCCC)OC(=O)CC)c2ccccc12)OC(=O)CC. The summed E-state index contributed by atoms with van der Waals surface area (Å²) in [5.41, 5.74) is 0. The molecule has 0 fully saturated rings. The van der Waals surface area contributed by atoms with Crippen LogP contribution in [0.15, 0.2) is 48.5 Å². The zero-order valence-electron chi connectivity index (χ0n) is 31.2. The summed E-state index contributed by atoms with van der Waals surface area (Å²) in [5.74, 6) is 0.811. The summed E-state index contributed by atoms with van der Waals surface area (Å²) in [6.45, 7) is 10.1. The average molecular weight is 695 g/mol. The Bertz CT molecular complexity index is 1230. The zero-order chi connectivity index (χ0) is 35.8. The fourth-order valence-corrected chi connectivity index (χ4v) is 5.88. The van der Waals surface area contributed by atoms with Crippen LogP contribution in [0.1, 0.15) is 118 Å². The monoisotopic (exact) mass is 694 g/mol. The van der Waals surface area contributed by atoms with Gasteiger partial charge in [0.05, 0.1) is 13.2 Å². The average Bonchev–Trinajstić information content (AvgIpc) is 3.14. The predicted octanol–water partition coefficient (Wildman–Crippen LogP) is 10.1. The second kappa shape index (κ2) is 24.7. The smallest absolute Gasteiger partial charge is 0.305 e. The van der Waals surface area contributed by atoms with Crippen LogP contribution in [-0.4, -0.2) is 63.8 Å². The zero-order valence-corrected chi connectivity index (χ0v) is 31.2. The van der Waals surface area contributed by atoms with Crippen molar-refractivity contribution >= 4 is 33.5 Å². The number of benzene rings is 3. The van der Waals surface area contributed by atoms with Gasteiger partial charge < -0.3 is 28.4 Å². The molecule has 8 nitrogen and oxygen atoms in total. The largest absolute Gasteiger partial charge is 0.488 e. The van der Waals surface area contributed by atoms with Crippen molar-refractivity contribution in [2.75, 3.05) is 39.6 Å². The lowest BCUT2D eigenvalue weighted by molar-refractivity contribution is -0.154. The van der Waals surface area contributed by atoms with Gasteiger partial charge in [0.1, 0.15) is 24.7 Å². The van der Waals surface area contributed by atoms with E-state index in [0.717, 1.165) is 47.2 Å². The summed E-state index contributed by atoms with van der Waals surface area (Å²) in [7, 11) is 0. The summed E-state index contributed by atoms with van der Waals surface area (Å²) >= 11 is 0. The van der Waals surface area contributed by atoms with Crippen LogP contribution >= 0.6 is 0 Å². The number of esters is 2. The van der Waals surface area contributed by atoms with E-state index >= 15 is 0 Å². The summed E-state index contributed by atoms with van der Waals surface area (Å²) in [6.07, 6.45) is 13.7. The minimum absolute atomic E-state index is 0.154. The van der Waals surface area contributed by atoms with Crippen molar-refractivity contribution in [2.24, 2.45) is 0 Å². The molecular formula is C42H62O8. The molecule has 0 amide bonds. The first-order chi connectivity index (χ1) is 24.5. The molecule has 0 bridgehead atoms. The van der Waals surface area contributed by atoms with Crippen LogP contribution in [-0.2, 0) is 28.5 Å². The van der Waals surface area contributed by atoms with E-state index in [9.17, 15) is 9.59 Å². The fraction of sp³-hybridized carbons (Fsp3) is 0.619. The summed E-state index contributed by atoms with van der Waals surface area (Å²) in [6, 6.07) is 15.9. The van der Waals surface area contributed by atoms with E-state index in [1.807, 2.05) is 48.5 Å². The molecule has 8 heteroatoms. The number of unbranched alkanes of at least 4 members (excludes halogenated alkanes) is 10. The van der Waals surface area contributed by atoms with Crippen LogP contribution in [0.5, 0.6) is 11.5 Å². The Morgan fingerprint density at radius 2 is 0.820 bits per heavy atom. The van der Waals surface area contributed by atoms with E-state index in [4.69, 9.17) is 28.4 Å². The van der Waals surface area contributed by atoms with Gasteiger partial charge in [-0.1, -0.05) is 140 Å². The Morgan fingerprint density at radius 3 is 1.16 bits per heavy atom. The number of hydrogen-bond acceptors (Lipinski definition) is 8. The molecule has 2 atom stereocenters. The van der Waals surface area contributed by atoms with Gasteiger partial charge in [0.2, 0.25) is 0 Å². The molecule has 0 aliphatic rings. The lowest BCUT2D eigenvalue weighted by Crippen LogP contribution is -2.30. The standard InChI is InChI=1S/C42H62O8/c1-5-9-11-13-15-21-27-45-29-33(49-39(43)7-3)31-47-41-35-23-17-19-25-37(35)42(38-26-20-18-24-36(38)41)48-32-34(50-40(44)8-4)30-46-28-22-16-14-12-10-6-2/h17-20,23-26,33-34H,5-16,21-22,27-32H2,1-4H3. The Hall–Kier alpha value is -3.36. The topological polar surface area (TPSA) is 89.5 Å². The maximum atomic E-state index is 12.3. The molecule has 0 N–H and O–H groups in total. The maximum absolute atomic E-state index is 12.3. The number of hydrogen-bond donors (Lipinski definition) is 0. The Labute approximate surface area is 300 Å². The first kappa shape index (κ1) is 41.1. The maximum Gasteiger partial charge on any atom is 0.305 e. The van der Waals surface area contributed by atoms with Crippen LogP contribution < -0.4 is 9.47 Å². The van der Waals surface area contributed by atoms with Crippen molar-refractivity contribution < 1.29 is 38.0 Å². The van der Waals surface area contributed by atoms with E-state index in [1.54, 1.807) is 13.8 Å². The van der Waals surface area contributed by atoms with E-state index in [-0.39, 0.29) is 51.2 Å². The highest BCUT2D eigenvalue weighted by Crippen LogP contribution is 2.42. The van der Waals surface area contributed by atoms with E-state index in [1.165, 1.54) is 51.4 Å². The van der Waals surface area contributed by atoms with Gasteiger partial charge >= 0.3 is 11.9 Å². The van der Waals surface area contributed by atoms with Gasteiger partial charge in [0.25, 0.3) is 0 Å². The first-order valence-electron chi connectivity index (χ1n) is 19.3. The molecule has 3 aromatic rings. The van der Waals surface area contributed by atoms with Crippen LogP contribution in [0, 0.1) is 0 Å². The Morgan fingerprint density at radius 1 is 0.480 bits per heavy atom. The third-order valence-corrected chi connectivity index (χ3v) is 8.73. The molecule has 0 aromatic heterocycles. The van der Waals surface area contributed by atoms with E-state index in [0.29, 0.717) is 24.7 Å². The second-order valence-electron chi connectivity index (χ2n) is 13.0. The van der Waals surface area contributed by atoms with Gasteiger partial charge in [-0.25, -0.2) is 0 Å². The van der Waals surface area contributed by atoms with Crippen molar-refractivity contribution in [2.45, 2.75) is 130 Å². The minimum atomic E-state index is -0.540. The van der Waals surface area contributed by atoms with Gasteiger partial charge in [0.15, 0.2) is 12.2 Å². The summed E-state index contributed by atoms with van der Waals surface area (Å²) in [4.78, 5) is 24.6. The van der Waals surface area contributed by atoms with Crippen LogP contribution in [0.2, 0.25) is 0 Å². The summed E-state index contributed by atoms with van der Waals surface area (Å²) < 4.78 is 36.4. The normalized spacial score (nSPS) is 12.6. The molecule has 3 rings (SSSR count). The quantitative estimate of drug-likeness (QED) is 0.0422. The van der Waals surface area contributed by atoms with Gasteiger partial charge in [-0.05, 0) is 12.8 Å². The molecule has 0 aliphatic carbocycles. The highest BCUT2D eigenvalue weighted by molar-refractivity contribution is 6.11. The fourth-order valence-electron chi connectivity index (χ4n) is 5.88. The highest BCUT2D eigenvalue weighted by atomic mass is 16.6. The second-order valence-corrected chi connectivity index (χ2v) is 13.0. The van der Waals surface area contributed by atoms with Crippen molar-refractivity contribution in [1.82, 2.24) is 0 Å². The van der Waals surface area contributed by atoms with Gasteiger partial charge in [-0.3, -0.25) is 9.59 Å². The molecule has 0 radical (unpaired) electrons. The number of ether oxygens (including phenoxy) is 6. The Balaban J connectivity index is 1.74. The van der Waals surface area contributed by atoms with Crippen LogP contribution in [0.3, 0.4) is 0 Å². The van der Waals surface area contributed by atoms with Crippen molar-refractivity contribution in [3.05, 3.63) is 48.5 Å². The van der Waals surface area contributed by atoms with Crippen LogP contribution in [0.4, 0.5) is 0 Å². The third kappa shape index (κ3) is 14.5. The van der Waals surface area contributed by atoms with E-state index < -0.39 is 12.2 Å². The number of rotatable bonds is 28. The molecule has 278 valence electrons. The minimum Gasteiger partial charge on any atom is -0.488 e. The first-order valence-corrected chi connectivity index (χ1v) is 19.3. The summed E-state index contributed by atoms with van der Waals surface area (Å²) in [5, 5.41) is 3.49. The van der Waals surface area contributed by atoms with Gasteiger partial charge in [0, 0.05) is 47.6 Å². The molecular weight excluding hydrogens is 632 g/mol. The molecule has 3 aromatic carbocycles. The van der Waals surface area contributed by atoms with Crippen LogP contribution in [0.25, 0.3) is 21.5 Å². The lowest BCUT2D eigenvalue weighted by atomic mass is 10.0. The molecule has 2 unspecified atom stereocenters. The molecule has 0 spiro atoms. The molecule has 50 heavy (non-hydrogen) atoms. The van der Waals surface area contributed by atoms with Gasteiger partial charge in [-0.2, -0.15) is 0 Å². The molecule has 0 saturated carbocycles. The molecule has 0 saturated heterocycles. The van der Waals surface area contributed by atoms with Crippen molar-refractivity contribution in [1.29, 1.82) is 0 Å². The predicted molar refractivity (Wildman–Crippen MR) is 201 cm³/mol. The van der Waals surface area contributed by atoms with Gasteiger partial charge in [-0.15, -0.1) is 0 Å². The Kier molecular flexibility index (Phi) is 20.3. The van der Waals surface area contributed by atoms with Crippen molar-refractivity contribution in [3.8, 4) is 11.5 Å². The van der Waals surface area contributed by atoms with E-state index in [2.05, 4.69) is 13.8 Å². The third-order valence-electron chi connectivity index (χ3n) is 8.73. The van der Waals surface area contributed by atoms with Crippen molar-refractivity contribution in [3.63, 3.8) is 0 Å². The number of carbonyl (C=O) groups excluding carboxylic acids is 2. The number of fused-ring (bicyclic) bond motifs is 2. The lowest BCUT2D eigenvalue weighted by Gasteiger charge is -2.23. The molecule has 0 heterocycles. The molecule has 0 aliphatic heterocycles. The highest BCUT2D eigenvalue weighted by Gasteiger charge is 2.22. The number of carbonyl (C=O) groups is 2.